The molecule has 16 heavy (non-hydrogen) atoms. The van der Waals surface area contributed by atoms with Crippen LogP contribution in [0.1, 0.15) is 39.0 Å². The molecule has 3 unspecified atom stereocenters. The topological polar surface area (TPSA) is 58.9 Å². The van der Waals surface area contributed by atoms with E-state index in [1.54, 1.807) is 12.2 Å². The second-order valence-electron chi connectivity index (χ2n) is 4.45. The lowest BCUT2D eigenvalue weighted by molar-refractivity contribution is 0.233. The van der Waals surface area contributed by atoms with Crippen LogP contribution in [-0.2, 0) is 9.59 Å². The Balaban J connectivity index is 2.58. The minimum absolute atomic E-state index is 0.0000926. The Morgan fingerprint density at radius 3 is 2.69 bits per heavy atom. The van der Waals surface area contributed by atoms with Crippen LogP contribution in [-0.4, -0.2) is 24.7 Å². The Labute approximate surface area is 95.9 Å². The lowest BCUT2D eigenvalue weighted by Gasteiger charge is -2.31. The highest BCUT2D eigenvalue weighted by Gasteiger charge is 2.29. The van der Waals surface area contributed by atoms with Gasteiger partial charge in [-0.05, 0) is 25.2 Å². The molecular weight excluding hydrogens is 204 g/mol. The van der Waals surface area contributed by atoms with Crippen molar-refractivity contribution in [2.45, 2.75) is 45.1 Å². The fourth-order valence-electron chi connectivity index (χ4n) is 2.56. The first-order valence-corrected chi connectivity index (χ1v) is 5.92. The first kappa shape index (κ1) is 12.8. The molecule has 1 aliphatic rings. The van der Waals surface area contributed by atoms with Gasteiger partial charge in [-0.3, -0.25) is 0 Å². The molecule has 0 radical (unpaired) electrons. The van der Waals surface area contributed by atoms with Crippen molar-refractivity contribution in [1.29, 1.82) is 0 Å². The summed E-state index contributed by atoms with van der Waals surface area (Å²) < 4.78 is 0. The Kier molecular flexibility index (Phi) is 5.69. The molecule has 88 valence electrons. The van der Waals surface area contributed by atoms with Crippen molar-refractivity contribution in [1.82, 2.24) is 0 Å². The third-order valence-electron chi connectivity index (χ3n) is 3.37. The van der Waals surface area contributed by atoms with Crippen LogP contribution in [0.25, 0.3) is 0 Å². The zero-order valence-corrected chi connectivity index (χ0v) is 9.69. The molecule has 0 N–H and O–H groups in total. The molecule has 0 aromatic carbocycles. The molecule has 0 aromatic heterocycles. The van der Waals surface area contributed by atoms with Gasteiger partial charge < -0.3 is 0 Å². The summed E-state index contributed by atoms with van der Waals surface area (Å²) in [6.45, 7) is 2.61. The lowest BCUT2D eigenvalue weighted by Crippen LogP contribution is -2.30. The monoisotopic (exact) mass is 222 g/mol. The zero-order chi connectivity index (χ0) is 11.8. The first-order valence-electron chi connectivity index (χ1n) is 5.92. The maximum absolute atomic E-state index is 10.4. The van der Waals surface area contributed by atoms with Crippen LogP contribution in [0.3, 0.4) is 0 Å². The van der Waals surface area contributed by atoms with Crippen LogP contribution in [0.15, 0.2) is 9.98 Å². The van der Waals surface area contributed by atoms with Crippen molar-refractivity contribution < 1.29 is 9.59 Å². The summed E-state index contributed by atoms with van der Waals surface area (Å²) in [5, 5.41) is 0. The summed E-state index contributed by atoms with van der Waals surface area (Å²) in [5.74, 6) is 0.875. The van der Waals surface area contributed by atoms with E-state index >= 15 is 0 Å². The van der Waals surface area contributed by atoms with Gasteiger partial charge in [-0.15, -0.1) is 0 Å². The van der Waals surface area contributed by atoms with Crippen molar-refractivity contribution in [2.24, 2.45) is 21.8 Å². The normalized spacial score (nSPS) is 28.9. The number of isocyanates is 2. The predicted octanol–water partition coefficient (Wildman–Crippen LogP) is 2.24. The van der Waals surface area contributed by atoms with E-state index in [-0.39, 0.29) is 12.0 Å². The highest BCUT2D eigenvalue weighted by Crippen LogP contribution is 2.33. The van der Waals surface area contributed by atoms with E-state index in [1.165, 1.54) is 12.8 Å². The van der Waals surface area contributed by atoms with Crippen LogP contribution < -0.4 is 0 Å². The Morgan fingerprint density at radius 1 is 1.25 bits per heavy atom. The van der Waals surface area contributed by atoms with Gasteiger partial charge in [-0.2, -0.15) is 0 Å². The number of carbonyl (C=O) groups excluding carboxylic acids is 2. The van der Waals surface area contributed by atoms with E-state index in [4.69, 9.17) is 0 Å². The maximum Gasteiger partial charge on any atom is 0.235 e. The standard InChI is InChI=1S/C12H18N2O2/c1-2-3-10-4-5-11(7-13-8-15)12(6-10)14-9-16/h10-12H,2-7H2,1H3. The number of hydrogen-bond acceptors (Lipinski definition) is 4. The lowest BCUT2D eigenvalue weighted by atomic mass is 9.77. The summed E-state index contributed by atoms with van der Waals surface area (Å²) >= 11 is 0. The molecule has 1 rings (SSSR count). The highest BCUT2D eigenvalue weighted by molar-refractivity contribution is 5.34. The van der Waals surface area contributed by atoms with Gasteiger partial charge in [0.05, 0.1) is 12.6 Å². The highest BCUT2D eigenvalue weighted by atomic mass is 16.1. The summed E-state index contributed by atoms with van der Waals surface area (Å²) in [6.07, 6.45) is 8.62. The molecule has 1 saturated carbocycles. The Hall–Kier alpha value is -1.24. The van der Waals surface area contributed by atoms with Crippen LogP contribution >= 0.6 is 0 Å². The van der Waals surface area contributed by atoms with Crippen molar-refractivity contribution in [3.63, 3.8) is 0 Å². The molecular formula is C12H18N2O2. The van der Waals surface area contributed by atoms with E-state index in [2.05, 4.69) is 16.9 Å². The van der Waals surface area contributed by atoms with Gasteiger partial charge in [-0.1, -0.05) is 19.8 Å². The van der Waals surface area contributed by atoms with E-state index in [1.807, 2.05) is 0 Å². The van der Waals surface area contributed by atoms with Crippen molar-refractivity contribution in [2.75, 3.05) is 6.54 Å². The average Bonchev–Trinajstić information content (AvgIpc) is 2.29. The van der Waals surface area contributed by atoms with Crippen molar-refractivity contribution >= 4 is 12.2 Å². The third kappa shape index (κ3) is 3.73. The van der Waals surface area contributed by atoms with E-state index < -0.39 is 0 Å². The van der Waals surface area contributed by atoms with Gasteiger partial charge in [0.2, 0.25) is 12.2 Å². The molecule has 0 aromatic rings. The fraction of sp³-hybridized carbons (Fsp3) is 0.833. The molecule has 0 aliphatic heterocycles. The SMILES string of the molecule is CCCC1CCC(CN=C=O)C(N=C=O)C1. The second-order valence-corrected chi connectivity index (χ2v) is 4.45. The fourth-order valence-corrected chi connectivity index (χ4v) is 2.56. The van der Waals surface area contributed by atoms with E-state index in [0.29, 0.717) is 12.5 Å². The molecule has 0 saturated heterocycles. The maximum atomic E-state index is 10.4. The Bertz CT molecular complexity index is 304. The van der Waals surface area contributed by atoms with Gasteiger partial charge in [0, 0.05) is 5.92 Å². The van der Waals surface area contributed by atoms with E-state index in [9.17, 15) is 9.59 Å². The zero-order valence-electron chi connectivity index (χ0n) is 9.69. The number of nitrogens with zero attached hydrogens (tertiary/aromatic N) is 2. The smallest absolute Gasteiger partial charge is 0.211 e. The largest absolute Gasteiger partial charge is 0.235 e. The summed E-state index contributed by atoms with van der Waals surface area (Å²) in [4.78, 5) is 27.9. The average molecular weight is 222 g/mol. The van der Waals surface area contributed by atoms with Gasteiger partial charge >= 0.3 is 0 Å². The Morgan fingerprint density at radius 2 is 2.06 bits per heavy atom. The molecule has 1 fully saturated rings. The summed E-state index contributed by atoms with van der Waals surface area (Å²) in [5.41, 5.74) is 0. The van der Waals surface area contributed by atoms with Gasteiger partial charge in [0.25, 0.3) is 0 Å². The molecule has 0 bridgehead atoms. The minimum Gasteiger partial charge on any atom is -0.211 e. The molecule has 4 nitrogen and oxygen atoms in total. The number of aliphatic imine (C=N–C) groups is 2. The summed E-state index contributed by atoms with van der Waals surface area (Å²) in [7, 11) is 0. The minimum atomic E-state index is -0.0000926. The van der Waals surface area contributed by atoms with Crippen molar-refractivity contribution in [3.05, 3.63) is 0 Å². The van der Waals surface area contributed by atoms with Gasteiger partial charge in [0.1, 0.15) is 0 Å². The van der Waals surface area contributed by atoms with Crippen LogP contribution in [0.5, 0.6) is 0 Å². The predicted molar refractivity (Wildman–Crippen MR) is 60.6 cm³/mol. The second kappa shape index (κ2) is 7.10. The molecule has 0 heterocycles. The van der Waals surface area contributed by atoms with Crippen LogP contribution in [0, 0.1) is 11.8 Å². The third-order valence-corrected chi connectivity index (χ3v) is 3.37. The van der Waals surface area contributed by atoms with Gasteiger partial charge in [0.15, 0.2) is 0 Å². The first-order chi connectivity index (χ1) is 7.81. The number of rotatable bonds is 5. The molecule has 3 atom stereocenters. The van der Waals surface area contributed by atoms with Crippen LogP contribution in [0.2, 0.25) is 0 Å². The molecule has 1 aliphatic carbocycles. The molecule has 0 spiro atoms. The van der Waals surface area contributed by atoms with Crippen LogP contribution in [0.4, 0.5) is 0 Å². The van der Waals surface area contributed by atoms with E-state index in [0.717, 1.165) is 19.3 Å². The quantitative estimate of drug-likeness (QED) is 0.529. The molecule has 4 heteroatoms. The molecule has 0 amide bonds. The van der Waals surface area contributed by atoms with Gasteiger partial charge in [-0.25, -0.2) is 19.6 Å². The number of hydrogen-bond donors (Lipinski definition) is 0. The van der Waals surface area contributed by atoms with Crippen molar-refractivity contribution in [3.8, 4) is 0 Å². The summed E-state index contributed by atoms with van der Waals surface area (Å²) in [6, 6.07) is -0.0000926.